The second-order valence-corrected chi connectivity index (χ2v) is 3.04. The first-order valence-corrected chi connectivity index (χ1v) is 4.45. The molecule has 0 amide bonds. The Morgan fingerprint density at radius 3 is 2.71 bits per heavy atom. The van der Waals surface area contributed by atoms with Crippen molar-refractivity contribution in [2.24, 2.45) is 0 Å². The number of methoxy groups -OCH3 is 1. The van der Waals surface area contributed by atoms with Gasteiger partial charge in [0.15, 0.2) is 0 Å². The van der Waals surface area contributed by atoms with Gasteiger partial charge in [-0.05, 0) is 13.8 Å². The van der Waals surface area contributed by atoms with Crippen LogP contribution in [0.1, 0.15) is 13.8 Å². The summed E-state index contributed by atoms with van der Waals surface area (Å²) < 4.78 is 9.85. The molecule has 4 nitrogen and oxygen atoms in total. The largest absolute Gasteiger partial charge is 0.465 e. The Labute approximate surface area is 85.0 Å². The molecule has 0 aromatic carbocycles. The van der Waals surface area contributed by atoms with Crippen molar-refractivity contribution in [1.29, 1.82) is 0 Å². The summed E-state index contributed by atoms with van der Waals surface area (Å²) in [7, 11) is 1.52. The van der Waals surface area contributed by atoms with E-state index in [9.17, 15) is 4.79 Å². The predicted octanol–water partition coefficient (Wildman–Crippen LogP) is 0.177. The van der Waals surface area contributed by atoms with E-state index in [1.54, 1.807) is 13.8 Å². The van der Waals surface area contributed by atoms with Gasteiger partial charge in [-0.25, -0.2) is 4.79 Å². The third-order valence-electron chi connectivity index (χ3n) is 1.74. The predicted molar refractivity (Wildman–Crippen MR) is 53.7 cm³/mol. The smallest absolute Gasteiger partial charge is 0.328 e. The van der Waals surface area contributed by atoms with E-state index in [-0.39, 0.29) is 12.6 Å². The summed E-state index contributed by atoms with van der Waals surface area (Å²) in [5, 5.41) is 2.90. The van der Waals surface area contributed by atoms with E-state index in [2.05, 4.69) is 11.2 Å². The number of ether oxygens (including phenoxy) is 2. The van der Waals surface area contributed by atoms with Gasteiger partial charge in [-0.3, -0.25) is 5.32 Å². The van der Waals surface area contributed by atoms with Crippen molar-refractivity contribution in [3.63, 3.8) is 0 Å². The van der Waals surface area contributed by atoms with Crippen molar-refractivity contribution in [1.82, 2.24) is 5.32 Å². The SMILES string of the molecule is C#CCNC(C)(COC)C(=O)OCC. The highest BCUT2D eigenvalue weighted by Crippen LogP contribution is 2.06. The molecule has 0 aromatic rings. The molecule has 1 atom stereocenters. The van der Waals surface area contributed by atoms with Crippen LogP contribution >= 0.6 is 0 Å². The minimum Gasteiger partial charge on any atom is -0.465 e. The van der Waals surface area contributed by atoms with Gasteiger partial charge in [0.05, 0.1) is 19.8 Å². The van der Waals surface area contributed by atoms with Crippen LogP contribution in [0.15, 0.2) is 0 Å². The number of rotatable bonds is 6. The second-order valence-electron chi connectivity index (χ2n) is 3.04. The van der Waals surface area contributed by atoms with Gasteiger partial charge in [-0.15, -0.1) is 6.42 Å². The summed E-state index contributed by atoms with van der Waals surface area (Å²) in [5.74, 6) is 2.05. The quantitative estimate of drug-likeness (QED) is 0.489. The highest BCUT2D eigenvalue weighted by atomic mass is 16.5. The molecule has 0 saturated heterocycles. The Morgan fingerprint density at radius 1 is 1.64 bits per heavy atom. The molecule has 80 valence electrons. The fourth-order valence-corrected chi connectivity index (χ4v) is 1.01. The number of carbonyl (C=O) groups is 1. The molecule has 0 bridgehead atoms. The van der Waals surface area contributed by atoms with Crippen LogP contribution in [0.25, 0.3) is 0 Å². The first-order chi connectivity index (χ1) is 6.60. The van der Waals surface area contributed by atoms with Crippen molar-refractivity contribution < 1.29 is 14.3 Å². The summed E-state index contributed by atoms with van der Waals surface area (Å²) in [6.07, 6.45) is 5.10. The Hall–Kier alpha value is -1.05. The van der Waals surface area contributed by atoms with Crippen molar-refractivity contribution in [3.8, 4) is 12.3 Å². The molecule has 0 heterocycles. The average molecular weight is 199 g/mol. The summed E-state index contributed by atoms with van der Waals surface area (Å²) in [6, 6.07) is 0. The van der Waals surface area contributed by atoms with Gasteiger partial charge in [-0.1, -0.05) is 5.92 Å². The molecule has 0 aliphatic heterocycles. The number of esters is 1. The third-order valence-corrected chi connectivity index (χ3v) is 1.74. The van der Waals surface area contributed by atoms with Crippen LogP contribution in [-0.2, 0) is 14.3 Å². The summed E-state index contributed by atoms with van der Waals surface area (Å²) in [6.45, 7) is 4.33. The average Bonchev–Trinajstić information content (AvgIpc) is 2.15. The zero-order valence-corrected chi connectivity index (χ0v) is 8.92. The van der Waals surface area contributed by atoms with Crippen LogP contribution in [0.5, 0.6) is 0 Å². The third kappa shape index (κ3) is 3.77. The topological polar surface area (TPSA) is 47.6 Å². The Kier molecular flexibility index (Phi) is 5.93. The molecule has 4 heteroatoms. The maximum absolute atomic E-state index is 11.5. The van der Waals surface area contributed by atoms with E-state index >= 15 is 0 Å². The fourth-order valence-electron chi connectivity index (χ4n) is 1.01. The van der Waals surface area contributed by atoms with Gasteiger partial charge < -0.3 is 9.47 Å². The van der Waals surface area contributed by atoms with E-state index < -0.39 is 5.54 Å². The molecule has 0 aliphatic carbocycles. The highest BCUT2D eigenvalue weighted by molar-refractivity contribution is 5.80. The summed E-state index contributed by atoms with van der Waals surface area (Å²) in [4.78, 5) is 11.5. The summed E-state index contributed by atoms with van der Waals surface area (Å²) in [5.41, 5.74) is -0.864. The van der Waals surface area contributed by atoms with Gasteiger partial charge >= 0.3 is 5.97 Å². The standard InChI is InChI=1S/C10H17NO3/c1-5-7-11-10(3,8-13-4)9(12)14-6-2/h1,11H,6-8H2,2-4H3. The number of nitrogens with one attached hydrogen (secondary N) is 1. The van der Waals surface area contributed by atoms with Crippen LogP contribution in [0.2, 0.25) is 0 Å². The molecule has 0 fully saturated rings. The molecule has 0 saturated carbocycles. The van der Waals surface area contributed by atoms with E-state index in [0.29, 0.717) is 13.2 Å². The number of carbonyl (C=O) groups excluding carboxylic acids is 1. The van der Waals surface area contributed by atoms with Gasteiger partial charge in [0.25, 0.3) is 0 Å². The first kappa shape index (κ1) is 12.9. The van der Waals surface area contributed by atoms with Gasteiger partial charge in [-0.2, -0.15) is 0 Å². The molecule has 0 spiro atoms. The van der Waals surface area contributed by atoms with Crippen molar-refractivity contribution >= 4 is 5.97 Å². The molecule has 14 heavy (non-hydrogen) atoms. The fraction of sp³-hybridized carbons (Fsp3) is 0.700. The van der Waals surface area contributed by atoms with Crippen LogP contribution < -0.4 is 5.32 Å². The number of hydrogen-bond donors (Lipinski definition) is 1. The van der Waals surface area contributed by atoms with E-state index in [0.717, 1.165) is 0 Å². The number of terminal acetylenes is 1. The lowest BCUT2D eigenvalue weighted by atomic mass is 10.0. The van der Waals surface area contributed by atoms with Crippen LogP contribution in [0.3, 0.4) is 0 Å². The molecular formula is C10H17NO3. The molecule has 1 N–H and O–H groups in total. The zero-order chi connectivity index (χ0) is 11.0. The number of hydrogen-bond acceptors (Lipinski definition) is 4. The lowest BCUT2D eigenvalue weighted by molar-refractivity contribution is -0.152. The van der Waals surface area contributed by atoms with E-state index in [4.69, 9.17) is 15.9 Å². The normalized spacial score (nSPS) is 14.1. The highest BCUT2D eigenvalue weighted by Gasteiger charge is 2.33. The van der Waals surface area contributed by atoms with Crippen LogP contribution in [-0.4, -0.2) is 38.4 Å². The maximum atomic E-state index is 11.5. The molecule has 0 aliphatic rings. The van der Waals surface area contributed by atoms with Crippen LogP contribution in [0, 0.1) is 12.3 Å². The Balaban J connectivity index is 4.37. The molecule has 0 aromatic heterocycles. The van der Waals surface area contributed by atoms with Gasteiger partial charge in [0.2, 0.25) is 0 Å². The lowest BCUT2D eigenvalue weighted by Crippen LogP contribution is -2.54. The Morgan fingerprint density at radius 2 is 2.29 bits per heavy atom. The molecule has 0 rings (SSSR count). The maximum Gasteiger partial charge on any atom is 0.328 e. The second kappa shape index (κ2) is 6.41. The van der Waals surface area contributed by atoms with Crippen molar-refractivity contribution in [2.45, 2.75) is 19.4 Å². The zero-order valence-electron chi connectivity index (χ0n) is 8.92. The van der Waals surface area contributed by atoms with Crippen LogP contribution in [0.4, 0.5) is 0 Å². The molecular weight excluding hydrogens is 182 g/mol. The monoisotopic (exact) mass is 199 g/mol. The molecule has 1 unspecified atom stereocenters. The van der Waals surface area contributed by atoms with E-state index in [1.165, 1.54) is 7.11 Å². The molecule has 0 radical (unpaired) electrons. The first-order valence-electron chi connectivity index (χ1n) is 4.45. The summed E-state index contributed by atoms with van der Waals surface area (Å²) >= 11 is 0. The minimum absolute atomic E-state index is 0.230. The van der Waals surface area contributed by atoms with Crippen molar-refractivity contribution in [3.05, 3.63) is 0 Å². The van der Waals surface area contributed by atoms with E-state index in [1.807, 2.05) is 0 Å². The van der Waals surface area contributed by atoms with Gasteiger partial charge in [0.1, 0.15) is 5.54 Å². The Bertz CT molecular complexity index is 222. The van der Waals surface area contributed by atoms with Gasteiger partial charge in [0, 0.05) is 7.11 Å². The lowest BCUT2D eigenvalue weighted by Gasteiger charge is -2.26. The minimum atomic E-state index is -0.864. The van der Waals surface area contributed by atoms with Crippen molar-refractivity contribution in [2.75, 3.05) is 26.9 Å².